The standard InChI is InChI=1S/C11H9FN2O2/c1-6(15)9-10(16-11(13)14-9)7-2-4-8(12)5-3-7/h2-5H,1H3,(H2,13,14). The van der Waals surface area contributed by atoms with Gasteiger partial charge in [0, 0.05) is 12.5 Å². The molecular formula is C11H9FN2O2. The van der Waals surface area contributed by atoms with E-state index in [0.717, 1.165) is 0 Å². The number of Topliss-reactive ketones (excluding diaryl/α,β-unsaturated/α-hetero) is 1. The van der Waals surface area contributed by atoms with E-state index in [1.165, 1.54) is 31.2 Å². The second kappa shape index (κ2) is 3.77. The fraction of sp³-hybridized carbons (Fsp3) is 0.0909. The van der Waals surface area contributed by atoms with Crippen LogP contribution in [0.4, 0.5) is 10.4 Å². The van der Waals surface area contributed by atoms with Crippen LogP contribution in [-0.4, -0.2) is 10.8 Å². The van der Waals surface area contributed by atoms with Gasteiger partial charge in [-0.3, -0.25) is 4.79 Å². The fourth-order valence-electron chi connectivity index (χ4n) is 1.37. The van der Waals surface area contributed by atoms with E-state index >= 15 is 0 Å². The summed E-state index contributed by atoms with van der Waals surface area (Å²) in [6.45, 7) is 1.37. The molecule has 2 N–H and O–H groups in total. The molecule has 1 aromatic heterocycles. The van der Waals surface area contributed by atoms with Crippen molar-refractivity contribution in [3.63, 3.8) is 0 Å². The van der Waals surface area contributed by atoms with Gasteiger partial charge in [0.15, 0.2) is 17.2 Å². The Morgan fingerprint density at radius 1 is 1.38 bits per heavy atom. The van der Waals surface area contributed by atoms with Gasteiger partial charge in [-0.05, 0) is 24.3 Å². The summed E-state index contributed by atoms with van der Waals surface area (Å²) < 4.78 is 17.9. The van der Waals surface area contributed by atoms with Crippen LogP contribution < -0.4 is 5.73 Å². The number of anilines is 1. The molecule has 2 aromatic rings. The molecule has 4 nitrogen and oxygen atoms in total. The smallest absolute Gasteiger partial charge is 0.293 e. The molecule has 82 valence electrons. The van der Waals surface area contributed by atoms with Gasteiger partial charge in [-0.25, -0.2) is 4.39 Å². The number of nitrogens with zero attached hydrogens (tertiary/aromatic N) is 1. The van der Waals surface area contributed by atoms with Gasteiger partial charge in [-0.1, -0.05) is 0 Å². The number of carbonyl (C=O) groups excluding carboxylic acids is 1. The molecule has 1 heterocycles. The number of hydrogen-bond donors (Lipinski definition) is 1. The molecule has 0 aliphatic rings. The summed E-state index contributed by atoms with van der Waals surface area (Å²) in [5.41, 5.74) is 6.10. The third-order valence-electron chi connectivity index (χ3n) is 2.08. The topological polar surface area (TPSA) is 69.1 Å². The Balaban J connectivity index is 2.55. The van der Waals surface area contributed by atoms with Gasteiger partial charge in [-0.15, -0.1) is 0 Å². The van der Waals surface area contributed by atoms with Gasteiger partial charge in [0.2, 0.25) is 0 Å². The maximum Gasteiger partial charge on any atom is 0.293 e. The van der Waals surface area contributed by atoms with E-state index in [1.807, 2.05) is 0 Å². The van der Waals surface area contributed by atoms with Crippen LogP contribution in [0.1, 0.15) is 17.4 Å². The minimum atomic E-state index is -0.361. The van der Waals surface area contributed by atoms with E-state index in [2.05, 4.69) is 4.98 Å². The molecule has 0 bridgehead atoms. The number of oxazole rings is 1. The lowest BCUT2D eigenvalue weighted by molar-refractivity contribution is 0.101. The molecule has 0 amide bonds. The average molecular weight is 220 g/mol. The van der Waals surface area contributed by atoms with E-state index in [4.69, 9.17) is 10.2 Å². The largest absolute Gasteiger partial charge is 0.423 e. The van der Waals surface area contributed by atoms with Crippen molar-refractivity contribution in [3.8, 4) is 11.3 Å². The summed E-state index contributed by atoms with van der Waals surface area (Å²) in [5, 5.41) is 0. The first-order valence-corrected chi connectivity index (χ1v) is 4.61. The Kier molecular flexibility index (Phi) is 2.44. The molecule has 0 saturated heterocycles. The van der Waals surface area contributed by atoms with Crippen molar-refractivity contribution in [2.45, 2.75) is 6.92 Å². The predicted octanol–water partition coefficient (Wildman–Crippen LogP) is 2.27. The molecule has 0 spiro atoms. The van der Waals surface area contributed by atoms with Crippen molar-refractivity contribution in [3.05, 3.63) is 35.8 Å². The molecule has 16 heavy (non-hydrogen) atoms. The quantitative estimate of drug-likeness (QED) is 0.788. The van der Waals surface area contributed by atoms with E-state index in [-0.39, 0.29) is 29.1 Å². The maximum absolute atomic E-state index is 12.7. The molecule has 0 aliphatic carbocycles. The number of nitrogens with two attached hydrogens (primary N) is 1. The lowest BCUT2D eigenvalue weighted by Crippen LogP contribution is -1.95. The van der Waals surface area contributed by atoms with Crippen molar-refractivity contribution in [1.29, 1.82) is 0 Å². The van der Waals surface area contributed by atoms with Crippen LogP contribution in [0.25, 0.3) is 11.3 Å². The summed E-state index contributed by atoms with van der Waals surface area (Å²) in [5.74, 6) is -0.342. The van der Waals surface area contributed by atoms with Crippen molar-refractivity contribution < 1.29 is 13.6 Å². The van der Waals surface area contributed by atoms with Crippen LogP contribution in [0.2, 0.25) is 0 Å². The zero-order valence-electron chi connectivity index (χ0n) is 8.53. The molecule has 1 aromatic carbocycles. The predicted molar refractivity (Wildman–Crippen MR) is 56.3 cm³/mol. The second-order valence-corrected chi connectivity index (χ2v) is 3.29. The van der Waals surface area contributed by atoms with E-state index in [1.54, 1.807) is 0 Å². The number of rotatable bonds is 2. The zero-order chi connectivity index (χ0) is 11.7. The number of aromatic nitrogens is 1. The average Bonchev–Trinajstić information content (AvgIpc) is 2.61. The monoisotopic (exact) mass is 220 g/mol. The molecule has 0 aliphatic heterocycles. The lowest BCUT2D eigenvalue weighted by Gasteiger charge is -1.97. The van der Waals surface area contributed by atoms with Gasteiger partial charge in [0.1, 0.15) is 5.82 Å². The minimum absolute atomic E-state index is 0.0791. The molecule has 0 fully saturated rings. The fourth-order valence-corrected chi connectivity index (χ4v) is 1.37. The number of halogens is 1. The maximum atomic E-state index is 12.7. The normalized spacial score (nSPS) is 10.4. The van der Waals surface area contributed by atoms with Crippen LogP contribution in [0.5, 0.6) is 0 Å². The molecule has 5 heteroatoms. The highest BCUT2D eigenvalue weighted by Gasteiger charge is 2.17. The van der Waals surface area contributed by atoms with Gasteiger partial charge >= 0.3 is 0 Å². The number of ketones is 1. The molecule has 0 radical (unpaired) electrons. The Hall–Kier alpha value is -2.17. The SMILES string of the molecule is CC(=O)c1nc(N)oc1-c1ccc(F)cc1. The third kappa shape index (κ3) is 1.79. The first kappa shape index (κ1) is 10.4. The summed E-state index contributed by atoms with van der Waals surface area (Å²) in [7, 11) is 0. The Morgan fingerprint density at radius 3 is 2.56 bits per heavy atom. The number of carbonyl (C=O) groups is 1. The first-order chi connectivity index (χ1) is 7.58. The number of hydrogen-bond acceptors (Lipinski definition) is 4. The first-order valence-electron chi connectivity index (χ1n) is 4.61. The van der Waals surface area contributed by atoms with Crippen LogP contribution in [0.15, 0.2) is 28.7 Å². The van der Waals surface area contributed by atoms with Crippen LogP contribution in [0, 0.1) is 5.82 Å². The Morgan fingerprint density at radius 2 is 2.00 bits per heavy atom. The molecule has 0 saturated carbocycles. The van der Waals surface area contributed by atoms with Gasteiger partial charge in [-0.2, -0.15) is 4.98 Å². The van der Waals surface area contributed by atoms with Gasteiger partial charge in [0.25, 0.3) is 6.01 Å². The van der Waals surface area contributed by atoms with Crippen molar-refractivity contribution in [2.75, 3.05) is 5.73 Å². The third-order valence-corrected chi connectivity index (χ3v) is 2.08. The highest BCUT2D eigenvalue weighted by atomic mass is 19.1. The minimum Gasteiger partial charge on any atom is -0.423 e. The van der Waals surface area contributed by atoms with E-state index in [9.17, 15) is 9.18 Å². The van der Waals surface area contributed by atoms with Crippen molar-refractivity contribution >= 4 is 11.8 Å². The van der Waals surface area contributed by atoms with E-state index < -0.39 is 0 Å². The Bertz CT molecular complexity index is 531. The van der Waals surface area contributed by atoms with Crippen LogP contribution in [0.3, 0.4) is 0 Å². The molecular weight excluding hydrogens is 211 g/mol. The molecule has 0 unspecified atom stereocenters. The van der Waals surface area contributed by atoms with Gasteiger partial charge in [0.05, 0.1) is 0 Å². The lowest BCUT2D eigenvalue weighted by atomic mass is 10.1. The highest BCUT2D eigenvalue weighted by Crippen LogP contribution is 2.26. The summed E-state index contributed by atoms with van der Waals surface area (Å²) >= 11 is 0. The van der Waals surface area contributed by atoms with Crippen LogP contribution in [-0.2, 0) is 0 Å². The van der Waals surface area contributed by atoms with Gasteiger partial charge < -0.3 is 10.2 Å². The van der Waals surface area contributed by atoms with Crippen molar-refractivity contribution in [2.24, 2.45) is 0 Å². The Labute approximate surface area is 90.9 Å². The number of nitrogen functional groups attached to an aromatic ring is 1. The summed E-state index contributed by atoms with van der Waals surface area (Å²) in [6.07, 6.45) is 0. The molecule has 0 atom stereocenters. The number of benzene rings is 1. The second-order valence-electron chi connectivity index (χ2n) is 3.29. The summed E-state index contributed by atoms with van der Waals surface area (Å²) in [6, 6.07) is 5.48. The van der Waals surface area contributed by atoms with Crippen molar-refractivity contribution in [1.82, 2.24) is 4.98 Å². The summed E-state index contributed by atoms with van der Waals surface area (Å²) in [4.78, 5) is 15.0. The molecule has 2 rings (SSSR count). The highest BCUT2D eigenvalue weighted by molar-refractivity contribution is 5.97. The van der Waals surface area contributed by atoms with Crippen LogP contribution >= 0.6 is 0 Å². The van der Waals surface area contributed by atoms with E-state index in [0.29, 0.717) is 5.56 Å². The zero-order valence-corrected chi connectivity index (χ0v) is 8.53.